The molecule has 0 fully saturated rings. The Morgan fingerprint density at radius 3 is 1.71 bits per heavy atom. The number of nitrogens with one attached hydrogen (secondary N) is 1. The fraction of sp³-hybridized carbons (Fsp3) is 1.00. The largest absolute Gasteiger partial charge is 0.358 e. The molecule has 0 aliphatic rings. The van der Waals surface area contributed by atoms with Crippen LogP contribution in [0.15, 0.2) is 0 Å². The van der Waals surface area contributed by atoms with Gasteiger partial charge in [-0.15, -0.1) is 0 Å². The van der Waals surface area contributed by atoms with Crippen molar-refractivity contribution in [3.8, 4) is 0 Å². The molecule has 0 aliphatic heterocycles. The maximum atomic E-state index is 3.20. The van der Waals surface area contributed by atoms with Crippen molar-refractivity contribution in [3.05, 3.63) is 0 Å². The van der Waals surface area contributed by atoms with E-state index in [1.807, 2.05) is 7.05 Å². The maximum absolute atomic E-state index is 3.20. The zero-order valence-electron chi connectivity index (χ0n) is 5.49. The van der Waals surface area contributed by atoms with Crippen LogP contribution in [0, 0.1) is 0 Å². The Bertz CT molecular complexity index is 29.6. The molecule has 0 bridgehead atoms. The van der Waals surface area contributed by atoms with Crippen molar-refractivity contribution in [1.82, 2.24) is 5.23 Å². The van der Waals surface area contributed by atoms with Gasteiger partial charge in [-0.25, -0.2) is 0 Å². The van der Waals surface area contributed by atoms with E-state index in [0.717, 1.165) is 6.85 Å². The van der Waals surface area contributed by atoms with E-state index in [-0.39, 0.29) is 0 Å². The van der Waals surface area contributed by atoms with Crippen molar-refractivity contribution < 1.29 is 0 Å². The van der Waals surface area contributed by atoms with Crippen LogP contribution in [0.25, 0.3) is 0 Å². The molecule has 0 atom stereocenters. The fourth-order valence-electron chi connectivity index (χ4n) is 0.697. The van der Waals surface area contributed by atoms with E-state index in [1.54, 1.807) is 0 Å². The van der Waals surface area contributed by atoms with Crippen molar-refractivity contribution in [3.63, 3.8) is 0 Å². The minimum Gasteiger partial charge on any atom is -0.358 e. The van der Waals surface area contributed by atoms with Crippen molar-refractivity contribution in [2.45, 2.75) is 26.5 Å². The Morgan fingerprint density at radius 1 is 1.29 bits per heavy atom. The summed E-state index contributed by atoms with van der Waals surface area (Å²) in [5.74, 6) is 0. The summed E-state index contributed by atoms with van der Waals surface area (Å²) in [6.07, 6.45) is 2.49. The van der Waals surface area contributed by atoms with Crippen LogP contribution in [-0.2, 0) is 0 Å². The van der Waals surface area contributed by atoms with Gasteiger partial charge in [0.25, 0.3) is 0 Å². The molecule has 2 heteroatoms. The first-order valence-electron chi connectivity index (χ1n) is 3.02. The predicted molar refractivity (Wildman–Crippen MR) is 35.8 cm³/mol. The highest BCUT2D eigenvalue weighted by Crippen LogP contribution is 1.90. The van der Waals surface area contributed by atoms with Gasteiger partial charge in [0.05, 0.1) is 0 Å². The standard InChI is InChI=1S/C5H14BN/c1-4-6(5-2)7-3/h7H,4-5H2,1-3H3. The third kappa shape index (κ3) is 2.69. The summed E-state index contributed by atoms with van der Waals surface area (Å²) in [6.45, 7) is 5.13. The molecule has 0 aromatic rings. The predicted octanol–water partition coefficient (Wildman–Crippen LogP) is 1.24. The SMILES string of the molecule is CCB(CC)NC. The van der Waals surface area contributed by atoms with Crippen LogP contribution in [0.3, 0.4) is 0 Å². The lowest BCUT2D eigenvalue weighted by molar-refractivity contribution is 1.12. The molecular formula is C5H14BN. The van der Waals surface area contributed by atoms with Gasteiger partial charge in [0.2, 0.25) is 6.85 Å². The second-order valence-electron chi connectivity index (χ2n) is 1.80. The first-order valence-corrected chi connectivity index (χ1v) is 3.02. The van der Waals surface area contributed by atoms with Crippen molar-refractivity contribution >= 4 is 6.85 Å². The molecule has 0 saturated heterocycles. The minimum atomic E-state index is 0.736. The third-order valence-corrected chi connectivity index (χ3v) is 1.39. The molecule has 0 aliphatic carbocycles. The van der Waals surface area contributed by atoms with Crippen LogP contribution in [0.1, 0.15) is 13.8 Å². The quantitative estimate of drug-likeness (QED) is 0.525. The molecule has 0 saturated carbocycles. The van der Waals surface area contributed by atoms with E-state index < -0.39 is 0 Å². The van der Waals surface area contributed by atoms with E-state index >= 15 is 0 Å². The lowest BCUT2D eigenvalue weighted by atomic mass is 9.58. The second-order valence-corrected chi connectivity index (χ2v) is 1.80. The van der Waals surface area contributed by atoms with E-state index in [2.05, 4.69) is 19.1 Å². The lowest BCUT2D eigenvalue weighted by Gasteiger charge is -2.02. The summed E-state index contributed by atoms with van der Waals surface area (Å²) in [4.78, 5) is 0. The Balaban J connectivity index is 2.99. The zero-order valence-corrected chi connectivity index (χ0v) is 5.49. The monoisotopic (exact) mass is 99.1 g/mol. The van der Waals surface area contributed by atoms with E-state index in [0.29, 0.717) is 0 Å². The fourth-order valence-corrected chi connectivity index (χ4v) is 0.697. The molecule has 0 unspecified atom stereocenters. The smallest absolute Gasteiger partial charge is 0.219 e. The number of rotatable bonds is 3. The molecular weight excluding hydrogens is 84.9 g/mol. The van der Waals surface area contributed by atoms with Gasteiger partial charge in [-0.1, -0.05) is 26.5 Å². The van der Waals surface area contributed by atoms with Gasteiger partial charge in [0, 0.05) is 0 Å². The highest BCUT2D eigenvalue weighted by molar-refractivity contribution is 6.55. The molecule has 0 amide bonds. The van der Waals surface area contributed by atoms with Gasteiger partial charge in [-0.05, 0) is 7.05 Å². The summed E-state index contributed by atoms with van der Waals surface area (Å²) in [6, 6.07) is 0. The van der Waals surface area contributed by atoms with Crippen molar-refractivity contribution in [2.24, 2.45) is 0 Å². The zero-order chi connectivity index (χ0) is 5.70. The lowest BCUT2D eigenvalue weighted by Crippen LogP contribution is -2.27. The molecule has 42 valence electrons. The Hall–Kier alpha value is 0.0249. The highest BCUT2D eigenvalue weighted by Gasteiger charge is 2.01. The van der Waals surface area contributed by atoms with E-state index in [9.17, 15) is 0 Å². The van der Waals surface area contributed by atoms with Gasteiger partial charge in [-0.3, -0.25) is 0 Å². The first kappa shape index (κ1) is 7.02. The summed E-state index contributed by atoms with van der Waals surface area (Å²) >= 11 is 0. The van der Waals surface area contributed by atoms with Gasteiger partial charge < -0.3 is 5.23 Å². The van der Waals surface area contributed by atoms with Crippen LogP contribution in [0.2, 0.25) is 12.6 Å². The van der Waals surface area contributed by atoms with Crippen molar-refractivity contribution in [2.75, 3.05) is 7.05 Å². The third-order valence-electron chi connectivity index (χ3n) is 1.39. The maximum Gasteiger partial charge on any atom is 0.219 e. The van der Waals surface area contributed by atoms with E-state index in [1.165, 1.54) is 12.6 Å². The summed E-state index contributed by atoms with van der Waals surface area (Å²) in [5.41, 5.74) is 0. The van der Waals surface area contributed by atoms with Crippen molar-refractivity contribution in [1.29, 1.82) is 0 Å². The molecule has 0 spiro atoms. The van der Waals surface area contributed by atoms with Crippen LogP contribution >= 0.6 is 0 Å². The molecule has 1 N–H and O–H groups in total. The van der Waals surface area contributed by atoms with Crippen LogP contribution in [0.5, 0.6) is 0 Å². The summed E-state index contributed by atoms with van der Waals surface area (Å²) in [7, 11) is 2.01. The Kier molecular flexibility index (Phi) is 4.21. The van der Waals surface area contributed by atoms with Gasteiger partial charge in [0.15, 0.2) is 0 Å². The normalized spacial score (nSPS) is 9.00. The number of hydrogen-bond donors (Lipinski definition) is 1. The van der Waals surface area contributed by atoms with Gasteiger partial charge in [-0.2, -0.15) is 0 Å². The average molecular weight is 99.0 g/mol. The van der Waals surface area contributed by atoms with Gasteiger partial charge in [0.1, 0.15) is 0 Å². The highest BCUT2D eigenvalue weighted by atomic mass is 14.7. The molecule has 0 aromatic heterocycles. The van der Waals surface area contributed by atoms with E-state index in [4.69, 9.17) is 0 Å². The molecule has 1 nitrogen and oxygen atoms in total. The Morgan fingerprint density at radius 2 is 1.71 bits per heavy atom. The second kappa shape index (κ2) is 4.19. The summed E-state index contributed by atoms with van der Waals surface area (Å²) < 4.78 is 0. The summed E-state index contributed by atoms with van der Waals surface area (Å²) in [5, 5.41) is 3.20. The van der Waals surface area contributed by atoms with Crippen LogP contribution in [-0.4, -0.2) is 13.9 Å². The van der Waals surface area contributed by atoms with Crippen LogP contribution in [0.4, 0.5) is 0 Å². The van der Waals surface area contributed by atoms with Crippen LogP contribution < -0.4 is 5.23 Å². The molecule has 0 aromatic carbocycles. The molecule has 0 rings (SSSR count). The minimum absolute atomic E-state index is 0.736. The Labute approximate surface area is 46.6 Å². The molecule has 0 heterocycles. The average Bonchev–Trinajstić information content (AvgIpc) is 1.72. The number of hydrogen-bond acceptors (Lipinski definition) is 1. The first-order chi connectivity index (χ1) is 3.35. The van der Waals surface area contributed by atoms with Gasteiger partial charge >= 0.3 is 0 Å². The topological polar surface area (TPSA) is 12.0 Å². The molecule has 7 heavy (non-hydrogen) atoms. The molecule has 0 radical (unpaired) electrons.